The van der Waals surface area contributed by atoms with Crippen LogP contribution in [-0.2, 0) is 33.7 Å². The van der Waals surface area contributed by atoms with E-state index in [0.29, 0.717) is 43.2 Å². The van der Waals surface area contributed by atoms with Gasteiger partial charge >= 0.3 is 5.97 Å². The van der Waals surface area contributed by atoms with E-state index in [-0.39, 0.29) is 18.4 Å². The van der Waals surface area contributed by atoms with E-state index < -0.39 is 18.1 Å². The number of benzene rings is 4. The van der Waals surface area contributed by atoms with Gasteiger partial charge in [0.25, 0.3) is 0 Å². The summed E-state index contributed by atoms with van der Waals surface area (Å²) in [5, 5.41) is 15.3. The Hall–Kier alpha value is -5.33. The number of esters is 1. The molecular weight excluding hydrogens is 582 g/mol. The number of fused-ring (bicyclic) bond motifs is 2. The van der Waals surface area contributed by atoms with Crippen LogP contribution < -0.4 is 24.8 Å². The molecule has 1 amide bonds. The molecular formula is C37H35N3O6. The summed E-state index contributed by atoms with van der Waals surface area (Å²) >= 11 is 0. The number of carbonyl (C=O) groups is 2. The van der Waals surface area contributed by atoms with Gasteiger partial charge in [0.15, 0.2) is 17.6 Å². The van der Waals surface area contributed by atoms with Crippen LogP contribution in [0.25, 0.3) is 11.1 Å². The van der Waals surface area contributed by atoms with Crippen LogP contribution in [0.1, 0.15) is 40.8 Å². The van der Waals surface area contributed by atoms with Gasteiger partial charge in [0.1, 0.15) is 18.4 Å². The zero-order chi connectivity index (χ0) is 32.0. The molecule has 4 aromatic rings. The number of hydrogen-bond donors (Lipinski definition) is 2. The highest BCUT2D eigenvalue weighted by atomic mass is 16.6. The maximum absolute atomic E-state index is 13.4. The summed E-state index contributed by atoms with van der Waals surface area (Å²) in [5.74, 6) is 1.35. The topological polar surface area (TPSA) is 119 Å². The first-order valence-corrected chi connectivity index (χ1v) is 15.3. The van der Waals surface area contributed by atoms with Gasteiger partial charge in [-0.1, -0.05) is 48.5 Å². The third-order valence-corrected chi connectivity index (χ3v) is 8.31. The number of amides is 1. The molecule has 9 heteroatoms. The molecule has 3 unspecified atom stereocenters. The molecule has 4 aromatic carbocycles. The molecule has 2 aliphatic heterocycles. The van der Waals surface area contributed by atoms with Crippen LogP contribution in [-0.4, -0.2) is 44.3 Å². The molecule has 6 rings (SSSR count). The van der Waals surface area contributed by atoms with Gasteiger partial charge in [0, 0.05) is 13.0 Å². The minimum Gasteiger partial charge on any atom is -0.494 e. The fourth-order valence-electron chi connectivity index (χ4n) is 5.79. The highest BCUT2D eigenvalue weighted by Crippen LogP contribution is 2.40. The minimum absolute atomic E-state index is 0.237. The van der Waals surface area contributed by atoms with Crippen LogP contribution in [0.15, 0.2) is 84.9 Å². The summed E-state index contributed by atoms with van der Waals surface area (Å²) < 4.78 is 23.0. The van der Waals surface area contributed by atoms with Crippen LogP contribution in [0.2, 0.25) is 0 Å². The first-order chi connectivity index (χ1) is 22.4. The zero-order valence-electron chi connectivity index (χ0n) is 25.7. The maximum atomic E-state index is 13.4. The first-order valence-electron chi connectivity index (χ1n) is 15.3. The van der Waals surface area contributed by atoms with E-state index in [2.05, 4.69) is 16.7 Å². The quantitative estimate of drug-likeness (QED) is 0.251. The van der Waals surface area contributed by atoms with Crippen molar-refractivity contribution in [2.45, 2.75) is 44.5 Å². The second-order valence-corrected chi connectivity index (χ2v) is 11.3. The normalized spacial score (nSPS) is 17.2. The zero-order valence-corrected chi connectivity index (χ0v) is 25.7. The minimum atomic E-state index is -0.846. The Morgan fingerprint density at radius 1 is 0.978 bits per heavy atom. The molecule has 2 N–H and O–H groups in total. The SMILES string of the molecule is CCOc1ccc(C2COc3cc4c(cc3O2)CNC(C(=O)NC(Cc2ccc(-c3ccc(C#N)cc3)cc2)C(=O)OC)C4)cc1. The van der Waals surface area contributed by atoms with Crippen LogP contribution in [0.3, 0.4) is 0 Å². The third-order valence-electron chi connectivity index (χ3n) is 8.31. The Morgan fingerprint density at radius 3 is 2.35 bits per heavy atom. The molecule has 46 heavy (non-hydrogen) atoms. The second-order valence-electron chi connectivity index (χ2n) is 11.3. The van der Waals surface area contributed by atoms with Gasteiger partial charge in [0.05, 0.1) is 31.4 Å². The van der Waals surface area contributed by atoms with Crippen molar-refractivity contribution in [3.05, 3.63) is 113 Å². The number of ether oxygens (including phenoxy) is 4. The van der Waals surface area contributed by atoms with Gasteiger partial charge in [-0.3, -0.25) is 4.79 Å². The summed E-state index contributed by atoms with van der Waals surface area (Å²) in [6.07, 6.45) is 0.482. The third kappa shape index (κ3) is 6.82. The van der Waals surface area contributed by atoms with Crippen molar-refractivity contribution < 1.29 is 28.5 Å². The lowest BCUT2D eigenvalue weighted by Crippen LogP contribution is -2.53. The highest BCUT2D eigenvalue weighted by Gasteiger charge is 2.31. The summed E-state index contributed by atoms with van der Waals surface area (Å²) in [6, 6.07) is 27.6. The lowest BCUT2D eigenvalue weighted by atomic mass is 9.94. The number of carbonyl (C=O) groups excluding carboxylic acids is 2. The van der Waals surface area contributed by atoms with Crippen LogP contribution in [0.4, 0.5) is 0 Å². The summed E-state index contributed by atoms with van der Waals surface area (Å²) in [7, 11) is 1.32. The molecule has 0 saturated carbocycles. The van der Waals surface area contributed by atoms with E-state index in [0.717, 1.165) is 39.1 Å². The summed E-state index contributed by atoms with van der Waals surface area (Å²) in [6.45, 7) is 3.41. The molecule has 2 heterocycles. The predicted molar refractivity (Wildman–Crippen MR) is 171 cm³/mol. The first kappa shape index (κ1) is 30.7. The molecule has 0 radical (unpaired) electrons. The average molecular weight is 618 g/mol. The molecule has 0 saturated heterocycles. The van der Waals surface area contributed by atoms with Crippen LogP contribution in [0, 0.1) is 11.3 Å². The van der Waals surface area contributed by atoms with Crippen molar-refractivity contribution in [3.8, 4) is 34.4 Å². The van der Waals surface area contributed by atoms with Crippen molar-refractivity contribution in [1.82, 2.24) is 10.6 Å². The number of nitrogens with zero attached hydrogens (tertiary/aromatic N) is 1. The van der Waals surface area contributed by atoms with Crippen molar-refractivity contribution in [1.29, 1.82) is 5.26 Å². The monoisotopic (exact) mass is 617 g/mol. The van der Waals surface area contributed by atoms with E-state index in [1.807, 2.05) is 79.7 Å². The summed E-state index contributed by atoms with van der Waals surface area (Å²) in [5.41, 5.74) is 6.48. The van der Waals surface area contributed by atoms with Crippen LogP contribution >= 0.6 is 0 Å². The number of hydrogen-bond acceptors (Lipinski definition) is 8. The van der Waals surface area contributed by atoms with Crippen molar-refractivity contribution in [3.63, 3.8) is 0 Å². The molecule has 0 spiro atoms. The molecule has 0 aromatic heterocycles. The summed E-state index contributed by atoms with van der Waals surface area (Å²) in [4.78, 5) is 26.1. The number of methoxy groups -OCH3 is 1. The van der Waals surface area contributed by atoms with Crippen molar-refractivity contribution in [2.24, 2.45) is 0 Å². The van der Waals surface area contributed by atoms with Gasteiger partial charge < -0.3 is 29.6 Å². The maximum Gasteiger partial charge on any atom is 0.328 e. The smallest absolute Gasteiger partial charge is 0.328 e. The van der Waals surface area contributed by atoms with Crippen LogP contribution in [0.5, 0.6) is 17.2 Å². The molecule has 0 aliphatic carbocycles. The molecule has 0 fully saturated rings. The number of nitriles is 1. The lowest BCUT2D eigenvalue weighted by Gasteiger charge is -2.31. The average Bonchev–Trinajstić information content (AvgIpc) is 3.10. The van der Waals surface area contributed by atoms with Crippen molar-refractivity contribution in [2.75, 3.05) is 20.3 Å². The molecule has 2 aliphatic rings. The van der Waals surface area contributed by atoms with Gasteiger partial charge in [-0.15, -0.1) is 0 Å². The van der Waals surface area contributed by atoms with E-state index in [9.17, 15) is 9.59 Å². The fraction of sp³-hybridized carbons (Fsp3) is 0.270. The molecule has 9 nitrogen and oxygen atoms in total. The largest absolute Gasteiger partial charge is 0.494 e. The fourth-order valence-corrected chi connectivity index (χ4v) is 5.79. The Labute approximate surface area is 268 Å². The number of rotatable bonds is 9. The van der Waals surface area contributed by atoms with E-state index in [4.69, 9.17) is 24.2 Å². The van der Waals surface area contributed by atoms with Gasteiger partial charge in [-0.05, 0) is 83.1 Å². The predicted octanol–water partition coefficient (Wildman–Crippen LogP) is 5.05. The lowest BCUT2D eigenvalue weighted by molar-refractivity contribution is -0.145. The van der Waals surface area contributed by atoms with Crippen molar-refractivity contribution >= 4 is 11.9 Å². The van der Waals surface area contributed by atoms with E-state index >= 15 is 0 Å². The molecule has 3 atom stereocenters. The van der Waals surface area contributed by atoms with Gasteiger partial charge in [-0.25, -0.2) is 4.79 Å². The van der Waals surface area contributed by atoms with Gasteiger partial charge in [0.2, 0.25) is 5.91 Å². The highest BCUT2D eigenvalue weighted by molar-refractivity contribution is 5.88. The molecule has 234 valence electrons. The van der Waals surface area contributed by atoms with E-state index in [1.54, 1.807) is 12.1 Å². The Kier molecular flexibility index (Phi) is 9.18. The van der Waals surface area contributed by atoms with Gasteiger partial charge in [-0.2, -0.15) is 5.26 Å². The second kappa shape index (κ2) is 13.8. The standard InChI is InChI=1S/C37H35N3O6/c1-3-44-30-14-12-27(13-15-30)35-22-45-33-18-28-17-31(39-21-29(28)19-34(33)46-35)36(41)40-32(37(42)43-2)16-23-4-8-25(9-5-23)26-10-6-24(20-38)7-11-26/h4-15,18-19,31-32,35,39H,3,16-17,21-22H2,1-2H3,(H,40,41). The Bertz CT molecular complexity index is 1750. The number of nitrogens with one attached hydrogen (secondary N) is 2. The molecule has 0 bridgehead atoms. The van der Waals surface area contributed by atoms with E-state index in [1.165, 1.54) is 7.11 Å². The Balaban J connectivity index is 1.09. The Morgan fingerprint density at radius 2 is 1.67 bits per heavy atom.